The lowest BCUT2D eigenvalue weighted by molar-refractivity contribution is -0.264. The van der Waals surface area contributed by atoms with E-state index in [-0.39, 0.29) is 6.42 Å². The van der Waals surface area contributed by atoms with Crippen molar-refractivity contribution in [2.24, 2.45) is 0 Å². The van der Waals surface area contributed by atoms with Crippen LogP contribution < -0.4 is 0 Å². The third kappa shape index (κ3) is 18.4. The monoisotopic (exact) mass is 376 g/mol. The van der Waals surface area contributed by atoms with E-state index >= 15 is 0 Å². The third-order valence-corrected chi connectivity index (χ3v) is 3.40. The molecule has 0 amide bonds. The topological polar surface area (TPSA) is 87.0 Å². The molecule has 0 aliphatic carbocycles. The average molecular weight is 376 g/mol. The second-order valence-electron chi connectivity index (χ2n) is 5.83. The Labute approximate surface area is 162 Å². The van der Waals surface area contributed by atoms with Gasteiger partial charge in [-0.2, -0.15) is 0 Å². The minimum atomic E-state index is -0.829. The Balaban J connectivity index is 4.00. The predicted octanol–water partition coefficient (Wildman–Crippen LogP) is 4.99. The SMILES string of the molecule is CC/C=C\CC(O)/C=C/C=C\C/C=C\C=C\[C@@H](C/C=C\CCC(=O)O)OO. The lowest BCUT2D eigenvalue weighted by Gasteiger charge is -2.04. The summed E-state index contributed by atoms with van der Waals surface area (Å²) in [6.07, 6.45) is 24.8. The molecule has 150 valence electrons. The molecule has 2 atom stereocenters. The van der Waals surface area contributed by atoms with Gasteiger partial charge in [-0.3, -0.25) is 10.1 Å². The maximum atomic E-state index is 10.4. The van der Waals surface area contributed by atoms with Crippen LogP contribution in [-0.2, 0) is 9.68 Å². The first-order chi connectivity index (χ1) is 13.1. The minimum absolute atomic E-state index is 0.0945. The summed E-state index contributed by atoms with van der Waals surface area (Å²) in [5.41, 5.74) is 0. The third-order valence-electron chi connectivity index (χ3n) is 3.40. The highest BCUT2D eigenvalue weighted by Gasteiger charge is 2.00. The van der Waals surface area contributed by atoms with E-state index in [2.05, 4.69) is 11.8 Å². The molecule has 0 saturated carbocycles. The second-order valence-corrected chi connectivity index (χ2v) is 5.83. The number of hydrogen-bond donors (Lipinski definition) is 3. The first-order valence-electron chi connectivity index (χ1n) is 9.26. The molecule has 27 heavy (non-hydrogen) atoms. The first kappa shape index (κ1) is 24.8. The van der Waals surface area contributed by atoms with E-state index in [1.807, 2.05) is 42.5 Å². The van der Waals surface area contributed by atoms with E-state index in [0.29, 0.717) is 19.3 Å². The zero-order valence-electron chi connectivity index (χ0n) is 16.0. The van der Waals surface area contributed by atoms with Gasteiger partial charge < -0.3 is 10.2 Å². The van der Waals surface area contributed by atoms with Gasteiger partial charge in [0.1, 0.15) is 6.10 Å². The van der Waals surface area contributed by atoms with Gasteiger partial charge in [-0.1, -0.05) is 79.8 Å². The van der Waals surface area contributed by atoms with Crippen LogP contribution in [0.25, 0.3) is 0 Å². The van der Waals surface area contributed by atoms with E-state index in [4.69, 9.17) is 10.4 Å². The van der Waals surface area contributed by atoms with E-state index < -0.39 is 18.2 Å². The van der Waals surface area contributed by atoms with Crippen molar-refractivity contribution in [1.29, 1.82) is 0 Å². The summed E-state index contributed by atoms with van der Waals surface area (Å²) >= 11 is 0. The normalized spacial score (nSPS) is 15.4. The summed E-state index contributed by atoms with van der Waals surface area (Å²) in [5.74, 6) is -0.829. The zero-order valence-corrected chi connectivity index (χ0v) is 16.0. The molecule has 0 fully saturated rings. The van der Waals surface area contributed by atoms with Crippen LogP contribution in [-0.4, -0.2) is 33.6 Å². The van der Waals surface area contributed by atoms with Crippen molar-refractivity contribution in [2.45, 2.75) is 57.7 Å². The Morgan fingerprint density at radius 1 is 0.926 bits per heavy atom. The van der Waals surface area contributed by atoms with Gasteiger partial charge in [0, 0.05) is 6.42 Å². The van der Waals surface area contributed by atoms with Crippen molar-refractivity contribution in [2.75, 3.05) is 0 Å². The number of carboxylic acid groups (broad SMARTS) is 1. The molecule has 1 unspecified atom stereocenters. The van der Waals surface area contributed by atoms with Gasteiger partial charge in [-0.15, -0.1) is 0 Å². The second kappa shape index (κ2) is 18.6. The molecule has 0 saturated heterocycles. The fourth-order valence-corrected chi connectivity index (χ4v) is 1.97. The quantitative estimate of drug-likeness (QED) is 0.162. The molecule has 0 aromatic rings. The summed E-state index contributed by atoms with van der Waals surface area (Å²) < 4.78 is 0. The van der Waals surface area contributed by atoms with Gasteiger partial charge >= 0.3 is 5.97 Å². The highest BCUT2D eigenvalue weighted by Crippen LogP contribution is 2.03. The van der Waals surface area contributed by atoms with Gasteiger partial charge in [-0.05, 0) is 32.1 Å². The Morgan fingerprint density at radius 2 is 1.59 bits per heavy atom. The van der Waals surface area contributed by atoms with Crippen LogP contribution in [0.1, 0.15) is 45.4 Å². The van der Waals surface area contributed by atoms with Gasteiger partial charge in [0.25, 0.3) is 0 Å². The summed E-state index contributed by atoms with van der Waals surface area (Å²) in [7, 11) is 0. The fourth-order valence-electron chi connectivity index (χ4n) is 1.97. The van der Waals surface area contributed by atoms with Crippen LogP contribution in [0.3, 0.4) is 0 Å². The van der Waals surface area contributed by atoms with Crippen LogP contribution in [0.4, 0.5) is 0 Å². The van der Waals surface area contributed by atoms with Crippen LogP contribution in [0.15, 0.2) is 72.9 Å². The van der Waals surface area contributed by atoms with Crippen molar-refractivity contribution in [3.05, 3.63) is 72.9 Å². The molecule has 5 nitrogen and oxygen atoms in total. The van der Waals surface area contributed by atoms with Gasteiger partial charge in [0.15, 0.2) is 0 Å². The Bertz CT molecular complexity index is 541. The molecule has 0 aromatic carbocycles. The van der Waals surface area contributed by atoms with E-state index in [1.165, 1.54) is 0 Å². The Kier molecular flexibility index (Phi) is 17.1. The average Bonchev–Trinajstić information content (AvgIpc) is 2.64. The lowest BCUT2D eigenvalue weighted by atomic mass is 10.2. The van der Waals surface area contributed by atoms with Crippen molar-refractivity contribution in [1.82, 2.24) is 0 Å². The number of carboxylic acids is 1. The summed E-state index contributed by atoms with van der Waals surface area (Å²) in [6.45, 7) is 2.06. The molecule has 0 bridgehead atoms. The molecule has 0 aliphatic rings. The van der Waals surface area contributed by atoms with Crippen molar-refractivity contribution < 1.29 is 25.2 Å². The lowest BCUT2D eigenvalue weighted by Crippen LogP contribution is -2.05. The van der Waals surface area contributed by atoms with E-state index in [9.17, 15) is 9.90 Å². The van der Waals surface area contributed by atoms with E-state index in [1.54, 1.807) is 30.4 Å². The number of carbonyl (C=O) groups is 1. The molecule has 3 N–H and O–H groups in total. The number of rotatable bonds is 15. The largest absolute Gasteiger partial charge is 0.481 e. The molecule has 0 aliphatic heterocycles. The number of allylic oxidation sites excluding steroid dienone is 8. The molecule has 5 heteroatoms. The van der Waals surface area contributed by atoms with Crippen LogP contribution in [0, 0.1) is 0 Å². The van der Waals surface area contributed by atoms with Gasteiger partial charge in [0.2, 0.25) is 0 Å². The molecule has 0 rings (SSSR count). The number of hydrogen-bond acceptors (Lipinski definition) is 4. The number of aliphatic carboxylic acids is 1. The summed E-state index contributed by atoms with van der Waals surface area (Å²) in [5, 5.41) is 27.0. The van der Waals surface area contributed by atoms with Crippen molar-refractivity contribution in [3.63, 3.8) is 0 Å². The molecular formula is C22H32O5. The predicted molar refractivity (Wildman–Crippen MR) is 109 cm³/mol. The standard InChI is InChI=1S/C22H32O5/c1-2-3-10-15-20(23)16-11-7-5-4-6-8-12-17-21(27-26)18-13-9-14-19-22(24)25/h3,5-13,16-17,20-21,23,26H,2,4,14-15,18-19H2,1H3,(H,24,25)/b7-5-,8-6-,10-3-,13-9-,16-11+,17-12+/t20?,21-/m0/s1. The molecule has 0 radical (unpaired) electrons. The molecule has 0 heterocycles. The summed E-state index contributed by atoms with van der Waals surface area (Å²) in [4.78, 5) is 14.7. The molecule has 0 spiro atoms. The Morgan fingerprint density at radius 3 is 2.22 bits per heavy atom. The van der Waals surface area contributed by atoms with Gasteiger partial charge in [0.05, 0.1) is 6.10 Å². The number of aliphatic hydroxyl groups excluding tert-OH is 1. The minimum Gasteiger partial charge on any atom is -0.481 e. The fraction of sp³-hybridized carbons (Fsp3) is 0.409. The van der Waals surface area contributed by atoms with Crippen molar-refractivity contribution in [3.8, 4) is 0 Å². The van der Waals surface area contributed by atoms with E-state index in [0.717, 1.165) is 12.8 Å². The maximum absolute atomic E-state index is 10.4. The van der Waals surface area contributed by atoms with Crippen LogP contribution in [0.2, 0.25) is 0 Å². The number of aliphatic hydroxyl groups is 1. The Hall–Kier alpha value is -2.21. The summed E-state index contributed by atoms with van der Waals surface area (Å²) in [6, 6.07) is 0. The van der Waals surface area contributed by atoms with Crippen LogP contribution in [0.5, 0.6) is 0 Å². The van der Waals surface area contributed by atoms with Crippen molar-refractivity contribution >= 4 is 5.97 Å². The first-order valence-corrected chi connectivity index (χ1v) is 9.26. The maximum Gasteiger partial charge on any atom is 0.303 e. The molecule has 0 aromatic heterocycles. The smallest absolute Gasteiger partial charge is 0.303 e. The highest BCUT2D eigenvalue weighted by molar-refractivity contribution is 5.66. The zero-order chi connectivity index (χ0) is 20.2. The van der Waals surface area contributed by atoms with Crippen LogP contribution >= 0.6 is 0 Å². The molecular weight excluding hydrogens is 344 g/mol. The van der Waals surface area contributed by atoms with Gasteiger partial charge in [-0.25, -0.2) is 4.89 Å². The highest BCUT2D eigenvalue weighted by atomic mass is 17.1.